The smallest absolute Gasteiger partial charge is 0.229 e. The highest BCUT2D eigenvalue weighted by Gasteiger charge is 2.34. The fourth-order valence-electron chi connectivity index (χ4n) is 3.13. The van der Waals surface area contributed by atoms with Crippen LogP contribution in [0.1, 0.15) is 17.5 Å². The minimum Gasteiger partial charge on any atom is -0.497 e. The molecule has 2 aromatic carbocycles. The van der Waals surface area contributed by atoms with Crippen molar-refractivity contribution in [2.24, 2.45) is 5.92 Å². The summed E-state index contributed by atoms with van der Waals surface area (Å²) in [5.74, 6) is 0.258. The molecule has 6 heteroatoms. The van der Waals surface area contributed by atoms with E-state index in [9.17, 15) is 9.59 Å². The Morgan fingerprint density at radius 3 is 2.78 bits per heavy atom. The molecule has 2 aromatic rings. The lowest BCUT2D eigenvalue weighted by molar-refractivity contribution is -0.128. The first-order chi connectivity index (χ1) is 13.1. The summed E-state index contributed by atoms with van der Waals surface area (Å²) >= 11 is 0. The van der Waals surface area contributed by atoms with Crippen molar-refractivity contribution in [3.63, 3.8) is 0 Å². The highest BCUT2D eigenvalue weighted by molar-refractivity contribution is 5.97. The fourth-order valence-corrected chi connectivity index (χ4v) is 3.13. The summed E-state index contributed by atoms with van der Waals surface area (Å²) in [4.78, 5) is 26.4. The maximum absolute atomic E-state index is 12.4. The lowest BCUT2D eigenvalue weighted by Gasteiger charge is -2.17. The van der Waals surface area contributed by atoms with Gasteiger partial charge in [0.05, 0.1) is 24.7 Å². The molecule has 1 aliphatic heterocycles. The van der Waals surface area contributed by atoms with Gasteiger partial charge in [0.1, 0.15) is 5.75 Å². The number of rotatable bonds is 6. The summed E-state index contributed by atoms with van der Waals surface area (Å²) in [5, 5.41) is 11.6. The molecular formula is C21H21N3O3. The predicted octanol–water partition coefficient (Wildman–Crippen LogP) is 2.60. The summed E-state index contributed by atoms with van der Waals surface area (Å²) in [6.45, 7) is 0.998. The highest BCUT2D eigenvalue weighted by Crippen LogP contribution is 2.21. The van der Waals surface area contributed by atoms with Crippen molar-refractivity contribution in [1.29, 1.82) is 5.26 Å². The van der Waals surface area contributed by atoms with E-state index in [0.717, 1.165) is 11.3 Å². The molecule has 1 aliphatic rings. The van der Waals surface area contributed by atoms with Crippen molar-refractivity contribution in [3.8, 4) is 11.8 Å². The topological polar surface area (TPSA) is 82.4 Å². The van der Waals surface area contributed by atoms with Gasteiger partial charge >= 0.3 is 0 Å². The number of hydrogen-bond acceptors (Lipinski definition) is 4. The van der Waals surface area contributed by atoms with Gasteiger partial charge in [0.2, 0.25) is 11.8 Å². The molecule has 1 heterocycles. The minimum atomic E-state index is -0.363. The summed E-state index contributed by atoms with van der Waals surface area (Å²) in [7, 11) is 1.63. The van der Waals surface area contributed by atoms with E-state index in [0.29, 0.717) is 30.8 Å². The number of carbonyl (C=O) groups excluding carboxylic acids is 2. The maximum Gasteiger partial charge on any atom is 0.229 e. The molecule has 1 N–H and O–H groups in total. The molecule has 138 valence electrons. The van der Waals surface area contributed by atoms with Crippen molar-refractivity contribution >= 4 is 17.5 Å². The molecule has 1 unspecified atom stereocenters. The Kier molecular flexibility index (Phi) is 5.72. The van der Waals surface area contributed by atoms with E-state index in [1.54, 1.807) is 36.3 Å². The number of amides is 2. The third kappa shape index (κ3) is 4.64. The van der Waals surface area contributed by atoms with Gasteiger partial charge in [-0.15, -0.1) is 0 Å². The summed E-state index contributed by atoms with van der Waals surface area (Å²) < 4.78 is 5.22. The molecule has 0 spiro atoms. The molecule has 3 rings (SSSR count). The van der Waals surface area contributed by atoms with Gasteiger partial charge in [0.25, 0.3) is 0 Å². The number of carbonyl (C=O) groups is 2. The number of nitriles is 1. The van der Waals surface area contributed by atoms with Crippen LogP contribution >= 0.6 is 0 Å². The summed E-state index contributed by atoms with van der Waals surface area (Å²) in [5.41, 5.74) is 2.25. The molecule has 1 saturated heterocycles. The Morgan fingerprint density at radius 1 is 1.30 bits per heavy atom. The number of nitrogens with one attached hydrogen (secondary N) is 1. The van der Waals surface area contributed by atoms with Crippen LogP contribution in [0.15, 0.2) is 48.5 Å². The molecule has 0 aromatic heterocycles. The Bertz CT molecular complexity index is 871. The molecule has 0 aliphatic carbocycles. The Hall–Kier alpha value is -3.33. The molecule has 0 saturated carbocycles. The van der Waals surface area contributed by atoms with Gasteiger partial charge in [-0.05, 0) is 48.4 Å². The van der Waals surface area contributed by atoms with Crippen molar-refractivity contribution in [2.45, 2.75) is 12.8 Å². The van der Waals surface area contributed by atoms with Gasteiger partial charge in [-0.25, -0.2) is 0 Å². The largest absolute Gasteiger partial charge is 0.497 e. The zero-order valence-electron chi connectivity index (χ0n) is 15.1. The second kappa shape index (κ2) is 8.37. The Labute approximate surface area is 158 Å². The molecule has 27 heavy (non-hydrogen) atoms. The zero-order valence-corrected chi connectivity index (χ0v) is 15.1. The number of nitrogens with zero attached hydrogens (tertiary/aromatic N) is 2. The quantitative estimate of drug-likeness (QED) is 0.855. The number of likely N-dealkylation sites (tertiary alicyclic amines) is 1. The lowest BCUT2D eigenvalue weighted by Crippen LogP contribution is -2.30. The van der Waals surface area contributed by atoms with Crippen LogP contribution in [0.25, 0.3) is 0 Å². The molecule has 0 bridgehead atoms. The average molecular weight is 363 g/mol. The third-order valence-corrected chi connectivity index (χ3v) is 4.67. The first-order valence-corrected chi connectivity index (χ1v) is 8.81. The van der Waals surface area contributed by atoms with Crippen LogP contribution in [0, 0.1) is 17.2 Å². The predicted molar refractivity (Wildman–Crippen MR) is 101 cm³/mol. The van der Waals surface area contributed by atoms with E-state index in [2.05, 4.69) is 5.32 Å². The van der Waals surface area contributed by atoms with Gasteiger partial charge < -0.3 is 15.0 Å². The minimum absolute atomic E-state index is 0.00197. The highest BCUT2D eigenvalue weighted by atomic mass is 16.5. The molecule has 1 fully saturated rings. The van der Waals surface area contributed by atoms with Crippen LogP contribution in [0.2, 0.25) is 0 Å². The van der Waals surface area contributed by atoms with Gasteiger partial charge in [-0.2, -0.15) is 5.26 Å². The van der Waals surface area contributed by atoms with Crippen molar-refractivity contribution in [3.05, 3.63) is 59.7 Å². The van der Waals surface area contributed by atoms with Crippen LogP contribution in [0.3, 0.4) is 0 Å². The number of hydrogen-bond donors (Lipinski definition) is 1. The monoisotopic (exact) mass is 363 g/mol. The van der Waals surface area contributed by atoms with Crippen molar-refractivity contribution < 1.29 is 14.3 Å². The normalized spacial score (nSPS) is 16.1. The zero-order chi connectivity index (χ0) is 19.2. The molecule has 1 atom stereocenters. The van der Waals surface area contributed by atoms with Crippen LogP contribution in [0.4, 0.5) is 5.69 Å². The summed E-state index contributed by atoms with van der Waals surface area (Å²) in [6, 6.07) is 16.5. The van der Waals surface area contributed by atoms with E-state index in [1.165, 1.54) is 0 Å². The van der Waals surface area contributed by atoms with Crippen LogP contribution in [-0.4, -0.2) is 36.9 Å². The Balaban J connectivity index is 1.54. The van der Waals surface area contributed by atoms with E-state index in [1.807, 2.05) is 30.3 Å². The molecular weight excluding hydrogens is 342 g/mol. The van der Waals surface area contributed by atoms with Crippen LogP contribution in [0.5, 0.6) is 5.75 Å². The average Bonchev–Trinajstić information content (AvgIpc) is 3.08. The first kappa shape index (κ1) is 18.5. The van der Waals surface area contributed by atoms with Gasteiger partial charge in [0.15, 0.2) is 0 Å². The van der Waals surface area contributed by atoms with Crippen LogP contribution in [-0.2, 0) is 16.0 Å². The van der Waals surface area contributed by atoms with Crippen molar-refractivity contribution in [1.82, 2.24) is 4.90 Å². The van der Waals surface area contributed by atoms with E-state index in [-0.39, 0.29) is 24.2 Å². The molecule has 0 radical (unpaired) electrons. The Morgan fingerprint density at radius 2 is 2.07 bits per heavy atom. The lowest BCUT2D eigenvalue weighted by atomic mass is 10.1. The number of methoxy groups -OCH3 is 1. The fraction of sp³-hybridized carbons (Fsp3) is 0.286. The van der Waals surface area contributed by atoms with Gasteiger partial charge in [0, 0.05) is 25.2 Å². The first-order valence-electron chi connectivity index (χ1n) is 8.81. The van der Waals surface area contributed by atoms with Crippen molar-refractivity contribution in [2.75, 3.05) is 25.5 Å². The summed E-state index contributed by atoms with van der Waals surface area (Å²) in [6.07, 6.45) is 0.938. The number of anilines is 1. The SMILES string of the molecule is COc1cccc(CCN2CC(C(=O)Nc3ccc(C#N)cc3)CC2=O)c1. The number of benzene rings is 2. The number of ether oxygens (including phenoxy) is 1. The molecule has 2 amide bonds. The third-order valence-electron chi connectivity index (χ3n) is 4.67. The second-order valence-corrected chi connectivity index (χ2v) is 6.52. The second-order valence-electron chi connectivity index (χ2n) is 6.52. The van der Waals surface area contributed by atoms with Gasteiger partial charge in [-0.3, -0.25) is 9.59 Å². The molecule has 6 nitrogen and oxygen atoms in total. The van der Waals surface area contributed by atoms with Gasteiger partial charge in [-0.1, -0.05) is 12.1 Å². The van der Waals surface area contributed by atoms with Crippen LogP contribution < -0.4 is 10.1 Å². The maximum atomic E-state index is 12.4. The van der Waals surface area contributed by atoms with E-state index >= 15 is 0 Å². The standard InChI is InChI=1S/C21H21N3O3/c1-27-19-4-2-3-15(11-19)9-10-24-14-17(12-20(24)25)21(26)23-18-7-5-16(13-22)6-8-18/h2-8,11,17H,9-10,12,14H2,1H3,(H,23,26). The van der Waals surface area contributed by atoms with E-state index < -0.39 is 0 Å². The van der Waals surface area contributed by atoms with E-state index in [4.69, 9.17) is 10.00 Å².